The molecule has 1 N–H and O–H groups in total. The summed E-state index contributed by atoms with van der Waals surface area (Å²) in [4.78, 5) is 26.3. The van der Waals surface area contributed by atoms with Crippen LogP contribution in [-0.4, -0.2) is 28.3 Å². The molecule has 180 valence electrons. The van der Waals surface area contributed by atoms with Gasteiger partial charge in [0.1, 0.15) is 11.5 Å². The Morgan fingerprint density at radius 1 is 1.06 bits per heavy atom. The Morgan fingerprint density at radius 2 is 1.69 bits per heavy atom. The minimum absolute atomic E-state index is 0.0884. The van der Waals surface area contributed by atoms with E-state index in [4.69, 9.17) is 0 Å². The fraction of sp³-hybridized carbons (Fsp3) is 0.560. The van der Waals surface area contributed by atoms with Crippen molar-refractivity contribution in [2.75, 3.05) is 7.05 Å². The number of carbonyl (C=O) groups is 2. The highest BCUT2D eigenvalue weighted by Gasteiger charge is 2.22. The number of hydrogen-bond acceptors (Lipinski definition) is 3. The number of ketones is 1. The number of imidazole rings is 1. The van der Waals surface area contributed by atoms with E-state index >= 15 is 0 Å². The first-order chi connectivity index (χ1) is 15.3. The minimum Gasteiger partial charge on any atom is -0.359 e. The molecule has 1 aliphatic rings. The summed E-state index contributed by atoms with van der Waals surface area (Å²) in [5.74, 6) is -1.23. The molecule has 0 bridgehead atoms. The summed E-state index contributed by atoms with van der Waals surface area (Å²) in [5, 5.41) is 2.48. The Bertz CT molecular complexity index is 842. The summed E-state index contributed by atoms with van der Waals surface area (Å²) in [6.45, 7) is 12.3. The first-order valence-corrected chi connectivity index (χ1v) is 11.6. The van der Waals surface area contributed by atoms with Gasteiger partial charge >= 0.3 is 0 Å². The van der Waals surface area contributed by atoms with Gasteiger partial charge in [-0.1, -0.05) is 47.5 Å². The average molecular weight is 452 g/mol. The number of nitrogens with zero attached hydrogens (tertiary/aromatic N) is 2. The molecule has 0 fully saturated rings. The van der Waals surface area contributed by atoms with E-state index in [0.29, 0.717) is 23.5 Å². The lowest BCUT2D eigenvalue weighted by Crippen LogP contribution is -2.15. The second kappa shape index (κ2) is 16.1. The molecule has 2 aromatic rings. The van der Waals surface area contributed by atoms with Gasteiger partial charge < -0.3 is 9.88 Å². The van der Waals surface area contributed by atoms with Gasteiger partial charge in [-0.25, -0.2) is 13.8 Å². The van der Waals surface area contributed by atoms with Gasteiger partial charge in [0.05, 0.1) is 0 Å². The Kier molecular flexibility index (Phi) is 14.8. The zero-order valence-electron chi connectivity index (χ0n) is 20.6. The second-order valence-electron chi connectivity index (χ2n) is 7.11. The Hall–Kier alpha value is -2.57. The van der Waals surface area contributed by atoms with Crippen LogP contribution in [0.1, 0.15) is 89.8 Å². The van der Waals surface area contributed by atoms with E-state index < -0.39 is 11.6 Å². The molecule has 0 aliphatic carbocycles. The summed E-state index contributed by atoms with van der Waals surface area (Å²) >= 11 is 0. The average Bonchev–Trinajstić information content (AvgIpc) is 2.99. The number of halogens is 2. The number of nitrogens with one attached hydrogen (secondary N) is 1. The van der Waals surface area contributed by atoms with Crippen LogP contribution in [0.2, 0.25) is 0 Å². The molecule has 7 heteroatoms. The highest BCUT2D eigenvalue weighted by molar-refractivity contribution is 5.94. The van der Waals surface area contributed by atoms with Gasteiger partial charge in [-0.2, -0.15) is 0 Å². The first-order valence-electron chi connectivity index (χ1n) is 11.6. The maximum Gasteiger partial charge on any atom is 0.219 e. The fourth-order valence-electron chi connectivity index (χ4n) is 3.03. The number of rotatable bonds is 3. The molecule has 0 radical (unpaired) electrons. The topological polar surface area (TPSA) is 64.0 Å². The summed E-state index contributed by atoms with van der Waals surface area (Å²) in [6.07, 6.45) is 5.74. The summed E-state index contributed by atoms with van der Waals surface area (Å²) < 4.78 is 28.5. The van der Waals surface area contributed by atoms with Crippen molar-refractivity contribution in [3.05, 3.63) is 41.2 Å². The van der Waals surface area contributed by atoms with Crippen LogP contribution in [-0.2, 0) is 17.8 Å². The zero-order valence-corrected chi connectivity index (χ0v) is 20.6. The van der Waals surface area contributed by atoms with Crippen LogP contribution in [0.15, 0.2) is 18.2 Å². The highest BCUT2D eigenvalue weighted by Crippen LogP contribution is 2.28. The number of Topliss-reactive ketones (excluding diaryl/α,β-unsaturated/α-hetero) is 1. The zero-order chi connectivity index (χ0) is 24.7. The third-order valence-corrected chi connectivity index (χ3v) is 4.48. The monoisotopic (exact) mass is 451 g/mol. The van der Waals surface area contributed by atoms with Crippen molar-refractivity contribution >= 4 is 11.7 Å². The Balaban J connectivity index is 0.000000740. The minimum atomic E-state index is -0.900. The van der Waals surface area contributed by atoms with E-state index in [1.54, 1.807) is 7.05 Å². The van der Waals surface area contributed by atoms with Crippen LogP contribution in [0.4, 0.5) is 8.78 Å². The standard InChI is InChI=1S/C16H16F2N2O.C4H9NO.C3H8.C2H6/c1-10(21)15-14-5-3-2-4-8-20(14)16(19-15)11-6-7-12(17)13(18)9-11;1-3-4(6)5-2;1-3-2;1-2/h6-7,9H,2-5,8H2,1H3;3H2,1-2H3,(H,5,6);3H2,1-2H3;1-2H3. The molecule has 1 aromatic carbocycles. The number of hydrogen-bond donors (Lipinski definition) is 1. The second-order valence-corrected chi connectivity index (χ2v) is 7.11. The molecule has 0 unspecified atom stereocenters. The molecule has 0 saturated carbocycles. The molecule has 32 heavy (non-hydrogen) atoms. The van der Waals surface area contributed by atoms with Gasteiger partial charge in [-0.3, -0.25) is 9.59 Å². The molecule has 1 amide bonds. The van der Waals surface area contributed by atoms with Gasteiger partial charge in [0.25, 0.3) is 0 Å². The van der Waals surface area contributed by atoms with Crippen molar-refractivity contribution in [2.45, 2.75) is 86.6 Å². The largest absolute Gasteiger partial charge is 0.359 e. The van der Waals surface area contributed by atoms with E-state index in [1.807, 2.05) is 25.3 Å². The quantitative estimate of drug-likeness (QED) is 0.554. The van der Waals surface area contributed by atoms with Gasteiger partial charge in [-0.05, 0) is 37.5 Å². The normalized spacial score (nSPS) is 11.8. The summed E-state index contributed by atoms with van der Waals surface area (Å²) in [7, 11) is 1.63. The van der Waals surface area contributed by atoms with Gasteiger partial charge in [0, 0.05) is 38.2 Å². The lowest BCUT2D eigenvalue weighted by molar-refractivity contribution is -0.120. The summed E-state index contributed by atoms with van der Waals surface area (Å²) in [6, 6.07) is 3.74. The van der Waals surface area contributed by atoms with Crippen molar-refractivity contribution in [3.8, 4) is 11.4 Å². The molecule has 3 rings (SSSR count). The molecular formula is C25H39F2N3O2. The third-order valence-electron chi connectivity index (χ3n) is 4.48. The van der Waals surface area contributed by atoms with Crippen molar-refractivity contribution < 1.29 is 18.4 Å². The maximum atomic E-state index is 13.5. The van der Waals surface area contributed by atoms with E-state index in [9.17, 15) is 18.4 Å². The lowest BCUT2D eigenvalue weighted by Gasteiger charge is -2.09. The van der Waals surface area contributed by atoms with Crippen molar-refractivity contribution in [2.24, 2.45) is 0 Å². The Morgan fingerprint density at radius 3 is 2.16 bits per heavy atom. The first kappa shape index (κ1) is 29.4. The van der Waals surface area contributed by atoms with E-state index in [0.717, 1.165) is 50.1 Å². The van der Waals surface area contributed by atoms with E-state index in [2.05, 4.69) is 24.1 Å². The number of benzene rings is 1. The molecular weight excluding hydrogens is 412 g/mol. The third kappa shape index (κ3) is 8.89. The fourth-order valence-corrected chi connectivity index (χ4v) is 3.03. The highest BCUT2D eigenvalue weighted by atomic mass is 19.2. The summed E-state index contributed by atoms with van der Waals surface area (Å²) in [5.41, 5.74) is 1.88. The van der Waals surface area contributed by atoms with Crippen LogP contribution in [0, 0.1) is 11.6 Å². The predicted octanol–water partition coefficient (Wildman–Crippen LogP) is 6.34. The lowest BCUT2D eigenvalue weighted by atomic mass is 10.1. The predicted molar refractivity (Wildman–Crippen MR) is 127 cm³/mol. The number of aromatic nitrogens is 2. The van der Waals surface area contributed by atoms with Gasteiger partial charge in [0.15, 0.2) is 17.4 Å². The van der Waals surface area contributed by atoms with Crippen molar-refractivity contribution in [1.29, 1.82) is 0 Å². The van der Waals surface area contributed by atoms with Crippen LogP contribution in [0.25, 0.3) is 11.4 Å². The SMILES string of the molecule is CC.CC(=O)c1nc(-c2ccc(F)c(F)c2)n2c1CCCCC2.CCC.CCC(=O)NC. The molecule has 0 spiro atoms. The maximum absolute atomic E-state index is 13.5. The molecule has 0 atom stereocenters. The van der Waals surface area contributed by atoms with Crippen molar-refractivity contribution in [3.63, 3.8) is 0 Å². The van der Waals surface area contributed by atoms with E-state index in [1.165, 1.54) is 19.4 Å². The number of amides is 1. The molecule has 1 aromatic heterocycles. The van der Waals surface area contributed by atoms with Gasteiger partial charge in [0.2, 0.25) is 5.91 Å². The van der Waals surface area contributed by atoms with Crippen LogP contribution in [0.5, 0.6) is 0 Å². The van der Waals surface area contributed by atoms with Crippen molar-refractivity contribution in [1.82, 2.24) is 14.9 Å². The molecule has 2 heterocycles. The molecule has 5 nitrogen and oxygen atoms in total. The number of fused-ring (bicyclic) bond motifs is 1. The molecule has 1 aliphatic heterocycles. The van der Waals surface area contributed by atoms with Crippen LogP contribution >= 0.6 is 0 Å². The van der Waals surface area contributed by atoms with Crippen LogP contribution in [0.3, 0.4) is 0 Å². The smallest absolute Gasteiger partial charge is 0.219 e. The van der Waals surface area contributed by atoms with Crippen LogP contribution < -0.4 is 5.32 Å². The Labute approximate surface area is 191 Å². The molecule has 0 saturated heterocycles. The number of carbonyl (C=O) groups excluding carboxylic acids is 2. The van der Waals surface area contributed by atoms with E-state index in [-0.39, 0.29) is 11.7 Å². The van der Waals surface area contributed by atoms with Gasteiger partial charge in [-0.15, -0.1) is 0 Å².